The first-order valence-corrected chi connectivity index (χ1v) is 9.70. The first-order valence-electron chi connectivity index (χ1n) is 9.70. The van der Waals surface area contributed by atoms with Gasteiger partial charge in [-0.25, -0.2) is 0 Å². The van der Waals surface area contributed by atoms with Crippen LogP contribution in [0.3, 0.4) is 0 Å². The molecule has 1 unspecified atom stereocenters. The van der Waals surface area contributed by atoms with E-state index in [1.54, 1.807) is 0 Å². The van der Waals surface area contributed by atoms with E-state index in [9.17, 15) is 0 Å². The van der Waals surface area contributed by atoms with E-state index in [0.29, 0.717) is 26.4 Å². The van der Waals surface area contributed by atoms with Crippen LogP contribution < -0.4 is 14.8 Å². The Morgan fingerprint density at radius 2 is 1.67 bits per heavy atom. The molecule has 0 bridgehead atoms. The van der Waals surface area contributed by atoms with Crippen molar-refractivity contribution in [2.24, 2.45) is 0 Å². The third-order valence-electron chi connectivity index (χ3n) is 4.21. The number of anilines is 1. The van der Waals surface area contributed by atoms with Gasteiger partial charge in [0.05, 0.1) is 18.8 Å². The van der Waals surface area contributed by atoms with Gasteiger partial charge in [0.15, 0.2) is 0 Å². The predicted octanol–water partition coefficient (Wildman–Crippen LogP) is 5.28. The van der Waals surface area contributed by atoms with Gasteiger partial charge >= 0.3 is 0 Å². The van der Waals surface area contributed by atoms with Crippen molar-refractivity contribution >= 4 is 5.69 Å². The minimum atomic E-state index is 0.0296. The molecule has 0 fully saturated rings. The van der Waals surface area contributed by atoms with Gasteiger partial charge in [-0.2, -0.15) is 0 Å². The fraction of sp³-hybridized carbons (Fsp3) is 0.478. The van der Waals surface area contributed by atoms with Crippen LogP contribution in [0.2, 0.25) is 0 Å². The van der Waals surface area contributed by atoms with Gasteiger partial charge in [0.2, 0.25) is 0 Å². The van der Waals surface area contributed by atoms with Crippen LogP contribution in [-0.4, -0.2) is 32.5 Å². The predicted molar refractivity (Wildman–Crippen MR) is 112 cm³/mol. The summed E-state index contributed by atoms with van der Waals surface area (Å²) in [5.41, 5.74) is 2.42. The number of benzene rings is 2. The van der Waals surface area contributed by atoms with Crippen LogP contribution in [0.15, 0.2) is 48.5 Å². The Kier molecular flexibility index (Phi) is 7.99. The zero-order chi connectivity index (χ0) is 19.7. The minimum absolute atomic E-state index is 0.0296. The van der Waals surface area contributed by atoms with E-state index in [0.717, 1.165) is 17.2 Å². The van der Waals surface area contributed by atoms with Gasteiger partial charge in [-0.3, -0.25) is 0 Å². The van der Waals surface area contributed by atoms with Crippen molar-refractivity contribution in [1.29, 1.82) is 0 Å². The molecule has 0 aromatic heterocycles. The van der Waals surface area contributed by atoms with E-state index < -0.39 is 0 Å². The average molecular weight is 372 g/mol. The Balaban J connectivity index is 1.85. The highest BCUT2D eigenvalue weighted by Gasteiger charge is 2.13. The molecule has 148 valence electrons. The van der Waals surface area contributed by atoms with E-state index >= 15 is 0 Å². The van der Waals surface area contributed by atoms with Crippen LogP contribution in [0.1, 0.15) is 40.2 Å². The first-order chi connectivity index (χ1) is 12.9. The van der Waals surface area contributed by atoms with E-state index in [1.165, 1.54) is 5.56 Å². The summed E-state index contributed by atoms with van der Waals surface area (Å²) < 4.78 is 17.2. The summed E-state index contributed by atoms with van der Waals surface area (Å²) in [5.74, 6) is 1.72. The Labute approximate surface area is 163 Å². The molecule has 27 heavy (non-hydrogen) atoms. The molecule has 0 aliphatic heterocycles. The number of rotatable bonds is 10. The molecule has 2 aromatic rings. The summed E-state index contributed by atoms with van der Waals surface area (Å²) in [7, 11) is 0. The van der Waals surface area contributed by atoms with Crippen LogP contribution in [-0.2, 0) is 10.2 Å². The molecular weight excluding hydrogens is 338 g/mol. The van der Waals surface area contributed by atoms with Gasteiger partial charge in [-0.15, -0.1) is 0 Å². The lowest BCUT2D eigenvalue weighted by atomic mass is 9.87. The normalized spacial score (nSPS) is 12.5. The second kappa shape index (κ2) is 10.2. The molecule has 4 heteroatoms. The zero-order valence-corrected chi connectivity index (χ0v) is 17.2. The maximum Gasteiger partial charge on any atom is 0.142 e. The molecule has 0 saturated carbocycles. The topological polar surface area (TPSA) is 39.7 Å². The fourth-order valence-corrected chi connectivity index (χ4v) is 2.65. The Hall–Kier alpha value is -2.20. The molecule has 0 spiro atoms. The standard InChI is InChI=1S/C23H33NO3/c1-6-25-15-16-26-22-10-8-7-9-21(22)24-17-18(2)27-20-13-11-19(12-14-20)23(3,4)5/h7-14,18,24H,6,15-17H2,1-5H3. The Bertz CT molecular complexity index is 677. The van der Waals surface area contributed by atoms with Crippen LogP contribution in [0.25, 0.3) is 0 Å². The largest absolute Gasteiger partial charge is 0.489 e. The zero-order valence-electron chi connectivity index (χ0n) is 17.2. The van der Waals surface area contributed by atoms with E-state index in [2.05, 4.69) is 45.1 Å². The second-order valence-electron chi connectivity index (χ2n) is 7.63. The van der Waals surface area contributed by atoms with Crippen LogP contribution in [0.4, 0.5) is 5.69 Å². The van der Waals surface area contributed by atoms with E-state index in [-0.39, 0.29) is 11.5 Å². The average Bonchev–Trinajstić information content (AvgIpc) is 2.64. The molecule has 2 rings (SSSR count). The maximum absolute atomic E-state index is 6.03. The number of hydrogen-bond donors (Lipinski definition) is 1. The number of hydrogen-bond acceptors (Lipinski definition) is 4. The molecule has 4 nitrogen and oxygen atoms in total. The quantitative estimate of drug-likeness (QED) is 0.577. The third kappa shape index (κ3) is 7.14. The van der Waals surface area contributed by atoms with Crippen molar-refractivity contribution < 1.29 is 14.2 Å². The van der Waals surface area contributed by atoms with Crippen LogP contribution >= 0.6 is 0 Å². The van der Waals surface area contributed by atoms with E-state index in [1.807, 2.05) is 43.3 Å². The van der Waals surface area contributed by atoms with Gasteiger partial charge in [0.25, 0.3) is 0 Å². The van der Waals surface area contributed by atoms with E-state index in [4.69, 9.17) is 14.2 Å². The highest BCUT2D eigenvalue weighted by molar-refractivity contribution is 5.56. The highest BCUT2D eigenvalue weighted by atomic mass is 16.5. The molecule has 0 heterocycles. The van der Waals surface area contributed by atoms with Gasteiger partial charge in [0.1, 0.15) is 24.2 Å². The van der Waals surface area contributed by atoms with Gasteiger partial charge in [0, 0.05) is 6.61 Å². The first kappa shape index (κ1) is 21.1. The summed E-state index contributed by atoms with van der Waals surface area (Å²) in [4.78, 5) is 0. The van der Waals surface area contributed by atoms with Crippen molar-refractivity contribution in [3.05, 3.63) is 54.1 Å². The lowest BCUT2D eigenvalue weighted by molar-refractivity contribution is 0.110. The lowest BCUT2D eigenvalue weighted by Crippen LogP contribution is -2.23. The van der Waals surface area contributed by atoms with Crippen molar-refractivity contribution in [3.8, 4) is 11.5 Å². The Morgan fingerprint density at radius 1 is 0.963 bits per heavy atom. The van der Waals surface area contributed by atoms with Crippen molar-refractivity contribution in [1.82, 2.24) is 0 Å². The third-order valence-corrected chi connectivity index (χ3v) is 4.21. The molecular formula is C23H33NO3. The lowest BCUT2D eigenvalue weighted by Gasteiger charge is -2.21. The van der Waals surface area contributed by atoms with Crippen molar-refractivity contribution in [3.63, 3.8) is 0 Å². The summed E-state index contributed by atoms with van der Waals surface area (Å²) in [6.45, 7) is 13.2. The molecule has 0 aliphatic carbocycles. The van der Waals surface area contributed by atoms with Crippen LogP contribution in [0, 0.1) is 0 Å². The molecule has 1 N–H and O–H groups in total. The summed E-state index contributed by atoms with van der Waals surface area (Å²) in [6.07, 6.45) is 0.0296. The second-order valence-corrected chi connectivity index (χ2v) is 7.63. The van der Waals surface area contributed by atoms with Gasteiger partial charge in [-0.05, 0) is 49.1 Å². The van der Waals surface area contributed by atoms with Crippen molar-refractivity contribution in [2.75, 3.05) is 31.7 Å². The summed E-state index contributed by atoms with van der Waals surface area (Å²) >= 11 is 0. The SMILES string of the molecule is CCOCCOc1ccccc1NCC(C)Oc1ccc(C(C)(C)C)cc1. The van der Waals surface area contributed by atoms with Crippen molar-refractivity contribution in [2.45, 2.75) is 46.1 Å². The number of nitrogens with one attached hydrogen (secondary N) is 1. The molecule has 0 amide bonds. The van der Waals surface area contributed by atoms with Gasteiger partial charge < -0.3 is 19.5 Å². The smallest absolute Gasteiger partial charge is 0.142 e. The summed E-state index contributed by atoms with van der Waals surface area (Å²) in [5, 5.41) is 3.42. The molecule has 0 radical (unpaired) electrons. The maximum atomic E-state index is 6.03. The monoisotopic (exact) mass is 371 g/mol. The fourth-order valence-electron chi connectivity index (χ4n) is 2.65. The molecule has 0 aliphatic rings. The minimum Gasteiger partial charge on any atom is -0.489 e. The highest BCUT2D eigenvalue weighted by Crippen LogP contribution is 2.26. The molecule has 2 aromatic carbocycles. The number of ether oxygens (including phenoxy) is 3. The van der Waals surface area contributed by atoms with Crippen LogP contribution in [0.5, 0.6) is 11.5 Å². The molecule has 1 atom stereocenters. The summed E-state index contributed by atoms with van der Waals surface area (Å²) in [6, 6.07) is 16.3. The van der Waals surface area contributed by atoms with Gasteiger partial charge in [-0.1, -0.05) is 45.0 Å². The number of para-hydroxylation sites is 2. The molecule has 0 saturated heterocycles. The Morgan fingerprint density at radius 3 is 2.33 bits per heavy atom.